The summed E-state index contributed by atoms with van der Waals surface area (Å²) in [4.78, 5) is 20.0. The van der Waals surface area contributed by atoms with Crippen molar-refractivity contribution < 1.29 is 28.8 Å². The zero-order valence-electron chi connectivity index (χ0n) is 27.1. The molecule has 0 aliphatic carbocycles. The number of carbonyl (C=O) groups excluding carboxylic acids is 1. The molecule has 0 unspecified atom stereocenters. The third kappa shape index (κ3) is 9.51. The number of hydrogen-bond donors (Lipinski definition) is 1. The fourth-order valence-corrected chi connectivity index (χ4v) is 6.31. The highest BCUT2D eigenvalue weighted by molar-refractivity contribution is 7.20. The summed E-state index contributed by atoms with van der Waals surface area (Å²) < 4.78 is 24.8. The van der Waals surface area contributed by atoms with Gasteiger partial charge >= 0.3 is 0 Å². The summed E-state index contributed by atoms with van der Waals surface area (Å²) in [6.45, 7) is 5.23. The molecule has 8 nitrogen and oxygen atoms in total. The van der Waals surface area contributed by atoms with Crippen LogP contribution < -0.4 is 18.9 Å². The molecular formula is C37H38N2O6S2. The second kappa shape index (κ2) is 15.4. The van der Waals surface area contributed by atoms with Gasteiger partial charge in [0.25, 0.3) is 10.4 Å². The fourth-order valence-electron chi connectivity index (χ4n) is 4.65. The van der Waals surface area contributed by atoms with Gasteiger partial charge in [0.15, 0.2) is 23.0 Å². The number of ketones is 1. The van der Waals surface area contributed by atoms with Crippen LogP contribution in [0.5, 0.6) is 33.4 Å². The minimum atomic E-state index is -0.677. The SMILES string of the molecule is COc1cc(CCC(C)(C)O)ccc1Oc1nc2ccccc2s1.COc1cc(CCC(C)=O)ccc1Oc1nc2ccccc2s1. The van der Waals surface area contributed by atoms with Gasteiger partial charge < -0.3 is 28.8 Å². The molecule has 2 heterocycles. The monoisotopic (exact) mass is 670 g/mol. The van der Waals surface area contributed by atoms with Crippen LogP contribution in [0.25, 0.3) is 20.4 Å². The Kier molecular flexibility index (Phi) is 11.1. The van der Waals surface area contributed by atoms with Gasteiger partial charge in [0.2, 0.25) is 0 Å². The summed E-state index contributed by atoms with van der Waals surface area (Å²) >= 11 is 3.00. The minimum Gasteiger partial charge on any atom is -0.493 e. The van der Waals surface area contributed by atoms with Crippen molar-refractivity contribution in [2.24, 2.45) is 0 Å². The lowest BCUT2D eigenvalue weighted by molar-refractivity contribution is -0.116. The minimum absolute atomic E-state index is 0.179. The number of aromatic nitrogens is 2. The molecule has 0 amide bonds. The molecule has 244 valence electrons. The predicted molar refractivity (Wildman–Crippen MR) is 189 cm³/mol. The van der Waals surface area contributed by atoms with Gasteiger partial charge in [-0.15, -0.1) is 0 Å². The lowest BCUT2D eigenvalue weighted by atomic mass is 9.99. The molecule has 6 rings (SSSR count). The summed E-state index contributed by atoms with van der Waals surface area (Å²) in [6, 6.07) is 27.4. The number of carbonyl (C=O) groups is 1. The van der Waals surface area contributed by atoms with Crippen LogP contribution in [0.4, 0.5) is 0 Å². The van der Waals surface area contributed by atoms with Crippen molar-refractivity contribution in [1.29, 1.82) is 0 Å². The summed E-state index contributed by atoms with van der Waals surface area (Å²) in [7, 11) is 3.23. The van der Waals surface area contributed by atoms with Crippen molar-refractivity contribution in [3.05, 3.63) is 96.1 Å². The first-order chi connectivity index (χ1) is 22.6. The molecular weight excluding hydrogens is 633 g/mol. The van der Waals surface area contributed by atoms with Crippen LogP contribution in [0, 0.1) is 0 Å². The van der Waals surface area contributed by atoms with Crippen LogP contribution in [0.2, 0.25) is 0 Å². The Morgan fingerprint density at radius 2 is 1.17 bits per heavy atom. The predicted octanol–water partition coefficient (Wildman–Crippen LogP) is 9.42. The molecule has 4 aromatic carbocycles. The third-order valence-corrected chi connectivity index (χ3v) is 9.02. The Bertz CT molecular complexity index is 1890. The molecule has 6 aromatic rings. The molecule has 0 aliphatic heterocycles. The number of aliphatic hydroxyl groups is 1. The van der Waals surface area contributed by atoms with Crippen molar-refractivity contribution in [3.63, 3.8) is 0 Å². The smallest absolute Gasteiger partial charge is 0.279 e. The van der Waals surface area contributed by atoms with Crippen LogP contribution in [0.1, 0.15) is 44.7 Å². The normalized spacial score (nSPS) is 11.2. The van der Waals surface area contributed by atoms with Gasteiger partial charge in [0.1, 0.15) is 5.78 Å². The van der Waals surface area contributed by atoms with Gasteiger partial charge in [0.05, 0.1) is 40.3 Å². The molecule has 0 spiro atoms. The number of benzene rings is 4. The summed E-state index contributed by atoms with van der Waals surface area (Å²) in [5.74, 6) is 2.76. The van der Waals surface area contributed by atoms with E-state index in [9.17, 15) is 9.90 Å². The number of aryl methyl sites for hydroxylation is 2. The maximum Gasteiger partial charge on any atom is 0.279 e. The number of fused-ring (bicyclic) bond motifs is 2. The van der Waals surface area contributed by atoms with E-state index in [0.29, 0.717) is 52.6 Å². The van der Waals surface area contributed by atoms with Crippen molar-refractivity contribution in [1.82, 2.24) is 9.97 Å². The van der Waals surface area contributed by atoms with E-state index in [2.05, 4.69) is 9.97 Å². The highest BCUT2D eigenvalue weighted by Gasteiger charge is 2.15. The van der Waals surface area contributed by atoms with E-state index in [1.54, 1.807) is 21.1 Å². The Balaban J connectivity index is 0.000000185. The van der Waals surface area contributed by atoms with E-state index in [1.165, 1.54) is 22.7 Å². The first-order valence-electron chi connectivity index (χ1n) is 15.2. The fraction of sp³-hybridized carbons (Fsp3) is 0.270. The Morgan fingerprint density at radius 3 is 1.60 bits per heavy atom. The molecule has 2 aromatic heterocycles. The lowest BCUT2D eigenvalue weighted by Gasteiger charge is -2.17. The van der Waals surface area contributed by atoms with Gasteiger partial charge in [-0.3, -0.25) is 0 Å². The highest BCUT2D eigenvalue weighted by atomic mass is 32.1. The highest BCUT2D eigenvalue weighted by Crippen LogP contribution is 2.38. The Morgan fingerprint density at radius 1 is 0.702 bits per heavy atom. The number of Topliss-reactive ketones (excluding diaryl/α,β-unsaturated/α-hetero) is 1. The standard InChI is InChI=1S/C19H21NO3S.C18H17NO3S/c1-19(2,21)11-10-13-8-9-15(16(12-13)22-3)23-18-20-14-6-4-5-7-17(14)24-18;1-12(20)7-8-13-9-10-15(16(11-13)21-2)22-18-19-14-5-3-4-6-17(14)23-18/h4-9,12,21H,10-11H2,1-3H3;3-6,9-11H,7-8H2,1-2H3. The van der Waals surface area contributed by atoms with E-state index in [1.807, 2.05) is 98.8 Å². The van der Waals surface area contributed by atoms with Crippen LogP contribution in [0.15, 0.2) is 84.9 Å². The number of nitrogens with zero attached hydrogens (tertiary/aromatic N) is 2. The largest absolute Gasteiger partial charge is 0.493 e. The van der Waals surface area contributed by atoms with E-state index in [0.717, 1.165) is 38.0 Å². The molecule has 0 radical (unpaired) electrons. The Labute approximate surface area is 282 Å². The average molecular weight is 671 g/mol. The first-order valence-corrected chi connectivity index (χ1v) is 16.9. The molecule has 47 heavy (non-hydrogen) atoms. The average Bonchev–Trinajstić information content (AvgIpc) is 3.66. The molecule has 1 N–H and O–H groups in total. The number of hydrogen-bond acceptors (Lipinski definition) is 10. The summed E-state index contributed by atoms with van der Waals surface area (Å²) in [5, 5.41) is 11.0. The maximum absolute atomic E-state index is 11.1. The topological polar surface area (TPSA) is 100 Å². The van der Waals surface area contributed by atoms with E-state index in [4.69, 9.17) is 18.9 Å². The number of ether oxygens (including phenoxy) is 4. The van der Waals surface area contributed by atoms with Crippen LogP contribution >= 0.6 is 22.7 Å². The van der Waals surface area contributed by atoms with Crippen molar-refractivity contribution in [2.75, 3.05) is 14.2 Å². The lowest BCUT2D eigenvalue weighted by Crippen LogP contribution is -2.19. The second-order valence-corrected chi connectivity index (χ2v) is 13.6. The van der Waals surface area contributed by atoms with E-state index >= 15 is 0 Å². The zero-order chi connectivity index (χ0) is 33.4. The Hall–Kier alpha value is -4.51. The van der Waals surface area contributed by atoms with Gasteiger partial charge in [-0.2, -0.15) is 0 Å². The maximum atomic E-state index is 11.1. The number of methoxy groups -OCH3 is 2. The second-order valence-electron chi connectivity index (χ2n) is 11.6. The van der Waals surface area contributed by atoms with Crippen LogP contribution in [-0.4, -0.2) is 40.7 Å². The number of rotatable bonds is 12. The number of thiazole rings is 2. The van der Waals surface area contributed by atoms with Gasteiger partial charge in [-0.1, -0.05) is 59.1 Å². The quantitative estimate of drug-likeness (QED) is 0.137. The molecule has 0 fully saturated rings. The van der Waals surface area contributed by atoms with Crippen LogP contribution in [0.3, 0.4) is 0 Å². The van der Waals surface area contributed by atoms with Gasteiger partial charge in [-0.05, 0) is 99.7 Å². The van der Waals surface area contributed by atoms with Crippen molar-refractivity contribution in [2.45, 2.75) is 52.1 Å². The molecule has 0 bridgehead atoms. The molecule has 0 saturated heterocycles. The third-order valence-electron chi connectivity index (χ3n) is 7.19. The molecule has 10 heteroatoms. The van der Waals surface area contributed by atoms with Gasteiger partial charge in [0, 0.05) is 6.42 Å². The summed E-state index contributed by atoms with van der Waals surface area (Å²) in [6.07, 6.45) is 2.70. The zero-order valence-corrected chi connectivity index (χ0v) is 28.7. The molecule has 0 atom stereocenters. The molecule has 0 saturated carbocycles. The van der Waals surface area contributed by atoms with E-state index < -0.39 is 5.60 Å². The number of para-hydroxylation sites is 2. The first kappa shape index (κ1) is 33.8. The molecule has 0 aliphatic rings. The van der Waals surface area contributed by atoms with Crippen molar-refractivity contribution in [3.8, 4) is 33.4 Å². The van der Waals surface area contributed by atoms with Gasteiger partial charge in [-0.25, -0.2) is 9.97 Å². The van der Waals surface area contributed by atoms with Crippen LogP contribution in [-0.2, 0) is 17.6 Å². The van der Waals surface area contributed by atoms with E-state index in [-0.39, 0.29) is 5.78 Å². The van der Waals surface area contributed by atoms with Crippen molar-refractivity contribution >= 4 is 48.9 Å². The summed E-state index contributed by atoms with van der Waals surface area (Å²) in [5.41, 5.74) is 3.32.